The Kier molecular flexibility index (Phi) is 8.77. The average Bonchev–Trinajstić information content (AvgIpc) is 3.09. The summed E-state index contributed by atoms with van der Waals surface area (Å²) in [6.07, 6.45) is 11.9. The van der Waals surface area contributed by atoms with Crippen LogP contribution in [0, 0.1) is 5.92 Å². The van der Waals surface area contributed by atoms with Crippen LogP contribution in [0.2, 0.25) is 0 Å². The number of fused-ring (bicyclic) bond motifs is 1. The van der Waals surface area contributed by atoms with Gasteiger partial charge in [0, 0.05) is 56.0 Å². The van der Waals surface area contributed by atoms with E-state index >= 15 is 0 Å². The number of carbonyl (C=O) groups excluding carboxylic acids is 3. The lowest BCUT2D eigenvalue weighted by Gasteiger charge is -2.29. The summed E-state index contributed by atoms with van der Waals surface area (Å²) in [6.45, 7) is 8.07. The molecule has 2 N–H and O–H groups in total. The third kappa shape index (κ3) is 6.52. The molecule has 3 aliphatic heterocycles. The van der Waals surface area contributed by atoms with Crippen molar-refractivity contribution in [3.8, 4) is 0 Å². The number of hydrogen-bond acceptors (Lipinski definition) is 6. The van der Waals surface area contributed by atoms with Crippen molar-refractivity contribution in [3.05, 3.63) is 29.3 Å². The molecule has 1 atom stereocenters. The largest absolute Gasteiger partial charge is 0.383 e. The molecule has 1 aromatic carbocycles. The van der Waals surface area contributed by atoms with Gasteiger partial charge in [-0.05, 0) is 56.9 Å². The number of amides is 3. The van der Waals surface area contributed by atoms with Gasteiger partial charge in [0.25, 0.3) is 5.91 Å². The normalized spacial score (nSPS) is 24.5. The maximum atomic E-state index is 13.1. The number of imide groups is 1. The Morgan fingerprint density at radius 2 is 1.62 bits per heavy atom. The second kappa shape index (κ2) is 12.4. The van der Waals surface area contributed by atoms with Gasteiger partial charge in [-0.3, -0.25) is 19.7 Å². The Balaban J connectivity index is 1.08. The van der Waals surface area contributed by atoms with E-state index in [9.17, 15) is 14.4 Å². The highest BCUT2D eigenvalue weighted by molar-refractivity contribution is 6.06. The molecule has 202 valence electrons. The molecule has 1 aromatic rings. The van der Waals surface area contributed by atoms with Crippen LogP contribution in [0.15, 0.2) is 18.2 Å². The number of hydrogen-bond donors (Lipinski definition) is 2. The summed E-state index contributed by atoms with van der Waals surface area (Å²) in [5, 5.41) is 5.95. The van der Waals surface area contributed by atoms with Crippen molar-refractivity contribution >= 4 is 23.4 Å². The van der Waals surface area contributed by atoms with Gasteiger partial charge in [-0.15, -0.1) is 0 Å². The number of rotatable bonds is 8. The Morgan fingerprint density at radius 1 is 0.865 bits per heavy atom. The molecule has 8 nitrogen and oxygen atoms in total. The molecule has 3 fully saturated rings. The third-order valence-electron chi connectivity index (χ3n) is 8.84. The SMILES string of the molecule is O=C1CCC(N2Cc3c(NCCN4CCCN(CCC5CCCCCC5)CC4)cccc3C2=O)C(=O)N1. The van der Waals surface area contributed by atoms with Gasteiger partial charge in [-0.1, -0.05) is 44.6 Å². The fourth-order valence-corrected chi connectivity index (χ4v) is 6.59. The molecule has 1 saturated carbocycles. The number of piperidine rings is 1. The van der Waals surface area contributed by atoms with Gasteiger partial charge in [-0.25, -0.2) is 0 Å². The zero-order valence-corrected chi connectivity index (χ0v) is 22.2. The quantitative estimate of drug-likeness (QED) is 0.414. The van der Waals surface area contributed by atoms with Crippen LogP contribution in [0.5, 0.6) is 0 Å². The van der Waals surface area contributed by atoms with Gasteiger partial charge in [0.05, 0.1) is 0 Å². The predicted molar refractivity (Wildman–Crippen MR) is 144 cm³/mol. The first-order valence-corrected chi connectivity index (χ1v) is 14.5. The molecular weight excluding hydrogens is 466 g/mol. The van der Waals surface area contributed by atoms with Gasteiger partial charge in [0.15, 0.2) is 0 Å². The molecule has 0 spiro atoms. The van der Waals surface area contributed by atoms with Crippen LogP contribution >= 0.6 is 0 Å². The summed E-state index contributed by atoms with van der Waals surface area (Å²) in [5.41, 5.74) is 2.59. The van der Waals surface area contributed by atoms with Crippen LogP contribution in [0.1, 0.15) is 80.1 Å². The molecule has 1 aliphatic carbocycles. The summed E-state index contributed by atoms with van der Waals surface area (Å²) >= 11 is 0. The lowest BCUT2D eigenvalue weighted by molar-refractivity contribution is -0.136. The number of anilines is 1. The minimum Gasteiger partial charge on any atom is -0.383 e. The van der Waals surface area contributed by atoms with E-state index < -0.39 is 6.04 Å². The number of benzene rings is 1. The Morgan fingerprint density at radius 3 is 2.38 bits per heavy atom. The first-order valence-electron chi connectivity index (χ1n) is 14.5. The highest BCUT2D eigenvalue weighted by Gasteiger charge is 2.39. The fraction of sp³-hybridized carbons (Fsp3) is 0.690. The van der Waals surface area contributed by atoms with Crippen LogP contribution in [0.4, 0.5) is 5.69 Å². The van der Waals surface area contributed by atoms with Gasteiger partial charge >= 0.3 is 0 Å². The number of carbonyl (C=O) groups is 3. The van der Waals surface area contributed by atoms with Crippen LogP contribution in [0.3, 0.4) is 0 Å². The van der Waals surface area contributed by atoms with E-state index in [1.54, 1.807) is 4.90 Å². The smallest absolute Gasteiger partial charge is 0.255 e. The molecule has 0 bridgehead atoms. The van der Waals surface area contributed by atoms with Crippen molar-refractivity contribution in [2.24, 2.45) is 5.92 Å². The first-order chi connectivity index (χ1) is 18.1. The molecule has 0 radical (unpaired) electrons. The van der Waals surface area contributed by atoms with E-state index in [-0.39, 0.29) is 24.1 Å². The van der Waals surface area contributed by atoms with E-state index in [0.29, 0.717) is 18.5 Å². The van der Waals surface area contributed by atoms with E-state index in [4.69, 9.17) is 0 Å². The van der Waals surface area contributed by atoms with Gasteiger partial charge in [-0.2, -0.15) is 0 Å². The monoisotopic (exact) mass is 509 g/mol. The topological polar surface area (TPSA) is 85.0 Å². The number of nitrogens with one attached hydrogen (secondary N) is 2. The molecule has 3 amide bonds. The minimum absolute atomic E-state index is 0.121. The van der Waals surface area contributed by atoms with E-state index in [2.05, 4.69) is 20.4 Å². The minimum atomic E-state index is -0.576. The molecule has 5 rings (SSSR count). The molecule has 2 saturated heterocycles. The average molecular weight is 510 g/mol. The zero-order chi connectivity index (χ0) is 25.6. The molecular formula is C29H43N5O3. The van der Waals surface area contributed by atoms with Crippen LogP contribution in [-0.4, -0.2) is 84.3 Å². The highest BCUT2D eigenvalue weighted by Crippen LogP contribution is 2.32. The summed E-state index contributed by atoms with van der Waals surface area (Å²) in [4.78, 5) is 43.8. The van der Waals surface area contributed by atoms with Gasteiger partial charge in [0.1, 0.15) is 6.04 Å². The maximum absolute atomic E-state index is 13.1. The Labute approximate surface area is 221 Å². The zero-order valence-electron chi connectivity index (χ0n) is 22.2. The Hall–Kier alpha value is -2.45. The van der Waals surface area contributed by atoms with Crippen LogP contribution in [0.25, 0.3) is 0 Å². The van der Waals surface area contributed by atoms with E-state index in [1.165, 1.54) is 64.5 Å². The van der Waals surface area contributed by atoms with Crippen molar-refractivity contribution in [2.75, 3.05) is 51.1 Å². The third-order valence-corrected chi connectivity index (χ3v) is 8.84. The summed E-state index contributed by atoms with van der Waals surface area (Å²) in [5.74, 6) is 0.196. The second-order valence-corrected chi connectivity index (χ2v) is 11.3. The van der Waals surface area contributed by atoms with E-state index in [1.807, 2.05) is 18.2 Å². The standard InChI is InChI=1S/C29H43N5O3/c35-27-12-11-26(28(36)31-27)34-21-24-23(29(34)37)9-5-10-25(24)30-14-18-33-16-6-15-32(19-20-33)17-13-22-7-3-1-2-4-8-22/h5,9-10,22,26,30H,1-4,6-8,11-21H2,(H,31,35,36). The first kappa shape index (κ1) is 26.2. The molecule has 4 aliphatic rings. The van der Waals surface area contributed by atoms with Crippen LogP contribution < -0.4 is 10.6 Å². The van der Waals surface area contributed by atoms with Crippen LogP contribution in [-0.2, 0) is 16.1 Å². The van der Waals surface area contributed by atoms with Crippen molar-refractivity contribution in [1.29, 1.82) is 0 Å². The maximum Gasteiger partial charge on any atom is 0.255 e. The highest BCUT2D eigenvalue weighted by atomic mass is 16.2. The van der Waals surface area contributed by atoms with Gasteiger partial charge < -0.3 is 20.0 Å². The summed E-state index contributed by atoms with van der Waals surface area (Å²) in [6, 6.07) is 5.20. The summed E-state index contributed by atoms with van der Waals surface area (Å²) in [7, 11) is 0. The molecule has 0 aromatic heterocycles. The molecule has 37 heavy (non-hydrogen) atoms. The van der Waals surface area contributed by atoms with Gasteiger partial charge in [0.2, 0.25) is 11.8 Å². The Bertz CT molecular complexity index is 974. The van der Waals surface area contributed by atoms with E-state index in [0.717, 1.165) is 49.9 Å². The number of nitrogens with zero attached hydrogens (tertiary/aromatic N) is 3. The van der Waals surface area contributed by atoms with Crippen molar-refractivity contribution in [1.82, 2.24) is 20.0 Å². The fourth-order valence-electron chi connectivity index (χ4n) is 6.59. The summed E-state index contributed by atoms with van der Waals surface area (Å²) < 4.78 is 0. The molecule has 3 heterocycles. The predicted octanol–water partition coefficient (Wildman–Crippen LogP) is 3.23. The molecule has 1 unspecified atom stereocenters. The second-order valence-electron chi connectivity index (χ2n) is 11.3. The van der Waals surface area contributed by atoms with Crippen molar-refractivity contribution in [3.63, 3.8) is 0 Å². The van der Waals surface area contributed by atoms with Crippen molar-refractivity contribution < 1.29 is 14.4 Å². The lowest BCUT2D eigenvalue weighted by Crippen LogP contribution is -2.52. The van der Waals surface area contributed by atoms with Crippen molar-refractivity contribution in [2.45, 2.75) is 76.8 Å². The molecule has 8 heteroatoms. The lowest BCUT2D eigenvalue weighted by atomic mass is 9.96.